The van der Waals surface area contributed by atoms with Gasteiger partial charge >= 0.3 is 0 Å². The smallest absolute Gasteiger partial charge is 0.236 e. The van der Waals surface area contributed by atoms with Crippen molar-refractivity contribution in [2.24, 2.45) is 5.73 Å². The average molecular weight is 188 g/mol. The van der Waals surface area contributed by atoms with E-state index in [9.17, 15) is 4.79 Å². The molecule has 0 heterocycles. The monoisotopic (exact) mass is 188 g/mol. The van der Waals surface area contributed by atoms with Gasteiger partial charge in [-0.05, 0) is 13.3 Å². The number of hydrogen-bond donors (Lipinski definition) is 2. The van der Waals surface area contributed by atoms with E-state index in [-0.39, 0.29) is 11.9 Å². The molecule has 2 unspecified atom stereocenters. The van der Waals surface area contributed by atoms with E-state index in [1.165, 1.54) is 0 Å². The van der Waals surface area contributed by atoms with Crippen molar-refractivity contribution in [3.8, 4) is 0 Å². The number of hydrogen-bond acceptors (Lipinski definition) is 3. The third kappa shape index (κ3) is 5.60. The second-order valence-corrected chi connectivity index (χ2v) is 3.27. The van der Waals surface area contributed by atoms with E-state index in [4.69, 9.17) is 10.5 Å². The Bertz CT molecular complexity index is 151. The molecule has 3 N–H and O–H groups in total. The molecule has 0 aromatic carbocycles. The lowest BCUT2D eigenvalue weighted by Gasteiger charge is -2.19. The summed E-state index contributed by atoms with van der Waals surface area (Å²) < 4.78 is 4.88. The van der Waals surface area contributed by atoms with Gasteiger partial charge in [0.15, 0.2) is 0 Å². The van der Waals surface area contributed by atoms with E-state index in [1.807, 2.05) is 6.92 Å². The Labute approximate surface area is 79.8 Å². The minimum atomic E-state index is -0.369. The molecule has 4 heteroatoms. The third-order valence-corrected chi connectivity index (χ3v) is 1.88. The lowest BCUT2D eigenvalue weighted by molar-refractivity contribution is -0.121. The van der Waals surface area contributed by atoms with Crippen molar-refractivity contribution in [3.05, 3.63) is 0 Å². The molecule has 0 saturated carbocycles. The largest absolute Gasteiger partial charge is 0.383 e. The maximum atomic E-state index is 10.9. The van der Waals surface area contributed by atoms with Crippen LogP contribution < -0.4 is 11.1 Å². The Kier molecular flexibility index (Phi) is 6.54. The maximum Gasteiger partial charge on any atom is 0.236 e. The quantitative estimate of drug-likeness (QED) is 0.602. The van der Waals surface area contributed by atoms with Crippen molar-refractivity contribution >= 4 is 5.91 Å². The predicted octanol–water partition coefficient (Wildman–Crippen LogP) is 0.265. The maximum absolute atomic E-state index is 10.9. The van der Waals surface area contributed by atoms with Gasteiger partial charge < -0.3 is 15.8 Å². The topological polar surface area (TPSA) is 64.3 Å². The van der Waals surface area contributed by atoms with Crippen LogP contribution in [0.5, 0.6) is 0 Å². The highest BCUT2D eigenvalue weighted by molar-refractivity contribution is 5.80. The number of nitrogens with one attached hydrogen (secondary N) is 1. The fourth-order valence-electron chi connectivity index (χ4n) is 1.24. The van der Waals surface area contributed by atoms with E-state index in [2.05, 4.69) is 12.2 Å². The Balaban J connectivity index is 3.86. The molecule has 0 aliphatic rings. The van der Waals surface area contributed by atoms with E-state index < -0.39 is 0 Å². The number of nitrogens with two attached hydrogens (primary N) is 1. The minimum absolute atomic E-state index is 0.303. The zero-order valence-corrected chi connectivity index (χ0v) is 8.67. The normalized spacial score (nSPS) is 15.3. The number of primary amides is 1. The summed E-state index contributed by atoms with van der Waals surface area (Å²) in [4.78, 5) is 10.9. The predicted molar refractivity (Wildman–Crippen MR) is 52.4 cm³/mol. The minimum Gasteiger partial charge on any atom is -0.383 e. The number of ether oxygens (including phenoxy) is 1. The van der Waals surface area contributed by atoms with Gasteiger partial charge in [0, 0.05) is 13.2 Å². The molecule has 0 spiro atoms. The number of carbonyl (C=O) groups is 1. The SMILES string of the molecule is CCCC(C)NC(COC)C(N)=O. The van der Waals surface area contributed by atoms with Crippen molar-refractivity contribution in [2.75, 3.05) is 13.7 Å². The van der Waals surface area contributed by atoms with E-state index in [1.54, 1.807) is 7.11 Å². The number of rotatable bonds is 7. The second-order valence-electron chi connectivity index (χ2n) is 3.27. The van der Waals surface area contributed by atoms with Gasteiger partial charge in [0.1, 0.15) is 6.04 Å². The van der Waals surface area contributed by atoms with Crippen molar-refractivity contribution in [1.29, 1.82) is 0 Å². The molecule has 0 fully saturated rings. The van der Waals surface area contributed by atoms with Crippen molar-refractivity contribution in [2.45, 2.75) is 38.8 Å². The molecule has 2 atom stereocenters. The lowest BCUT2D eigenvalue weighted by atomic mass is 10.1. The fraction of sp³-hybridized carbons (Fsp3) is 0.889. The summed E-state index contributed by atoms with van der Waals surface area (Å²) in [6.45, 7) is 4.48. The van der Waals surface area contributed by atoms with Crippen LogP contribution in [0.25, 0.3) is 0 Å². The molecular weight excluding hydrogens is 168 g/mol. The van der Waals surface area contributed by atoms with Crippen molar-refractivity contribution in [3.63, 3.8) is 0 Å². The number of methoxy groups -OCH3 is 1. The zero-order valence-electron chi connectivity index (χ0n) is 8.67. The molecule has 0 bridgehead atoms. The van der Waals surface area contributed by atoms with Gasteiger partial charge in [-0.2, -0.15) is 0 Å². The average Bonchev–Trinajstić information content (AvgIpc) is 2.04. The van der Waals surface area contributed by atoms with E-state index in [0.717, 1.165) is 12.8 Å². The molecule has 0 aromatic heterocycles. The summed E-state index contributed by atoms with van der Waals surface area (Å²) in [7, 11) is 1.56. The van der Waals surface area contributed by atoms with Gasteiger partial charge in [-0.25, -0.2) is 0 Å². The Morgan fingerprint density at radius 2 is 2.23 bits per heavy atom. The first kappa shape index (κ1) is 12.4. The first-order chi connectivity index (χ1) is 6.11. The van der Waals surface area contributed by atoms with E-state index >= 15 is 0 Å². The third-order valence-electron chi connectivity index (χ3n) is 1.88. The molecule has 4 nitrogen and oxygen atoms in total. The summed E-state index contributed by atoms with van der Waals surface area (Å²) in [5.74, 6) is -0.357. The van der Waals surface area contributed by atoms with Crippen molar-refractivity contribution in [1.82, 2.24) is 5.32 Å². The van der Waals surface area contributed by atoms with Crippen LogP contribution in [0.4, 0.5) is 0 Å². The molecule has 0 saturated heterocycles. The van der Waals surface area contributed by atoms with Gasteiger partial charge in [0.2, 0.25) is 5.91 Å². The molecule has 0 aliphatic carbocycles. The molecule has 1 amide bonds. The first-order valence-corrected chi connectivity index (χ1v) is 4.66. The number of amides is 1. The second kappa shape index (κ2) is 6.86. The highest BCUT2D eigenvalue weighted by atomic mass is 16.5. The van der Waals surface area contributed by atoms with Gasteiger partial charge in [-0.15, -0.1) is 0 Å². The van der Waals surface area contributed by atoms with Crippen LogP contribution >= 0.6 is 0 Å². The van der Waals surface area contributed by atoms with E-state index in [0.29, 0.717) is 12.6 Å². The molecule has 13 heavy (non-hydrogen) atoms. The van der Waals surface area contributed by atoms with Crippen LogP contribution in [0.2, 0.25) is 0 Å². The molecule has 0 rings (SSSR count). The molecule has 78 valence electrons. The zero-order chi connectivity index (χ0) is 10.3. The van der Waals surface area contributed by atoms with Crippen LogP contribution in [0.1, 0.15) is 26.7 Å². The van der Waals surface area contributed by atoms with Gasteiger partial charge in [-0.3, -0.25) is 4.79 Å². The van der Waals surface area contributed by atoms with Gasteiger partial charge in [-0.1, -0.05) is 13.3 Å². The molecule has 0 aliphatic heterocycles. The fourth-order valence-corrected chi connectivity index (χ4v) is 1.24. The van der Waals surface area contributed by atoms with Crippen LogP contribution in [-0.2, 0) is 9.53 Å². The summed E-state index contributed by atoms with van der Waals surface area (Å²) in [5, 5.41) is 3.12. The summed E-state index contributed by atoms with van der Waals surface area (Å²) in [5.41, 5.74) is 5.19. The van der Waals surface area contributed by atoms with Crippen LogP contribution in [-0.4, -0.2) is 31.7 Å². The highest BCUT2D eigenvalue weighted by Gasteiger charge is 2.16. The molecular formula is C9H20N2O2. The standard InChI is InChI=1S/C9H20N2O2/c1-4-5-7(2)11-8(6-13-3)9(10)12/h7-8,11H,4-6H2,1-3H3,(H2,10,12). The summed E-state index contributed by atoms with van der Waals surface area (Å²) >= 11 is 0. The number of carbonyl (C=O) groups excluding carboxylic acids is 1. The van der Waals surface area contributed by atoms with Crippen LogP contribution in [0, 0.1) is 0 Å². The van der Waals surface area contributed by atoms with Crippen molar-refractivity contribution < 1.29 is 9.53 Å². The Morgan fingerprint density at radius 3 is 2.62 bits per heavy atom. The molecule has 0 aromatic rings. The highest BCUT2D eigenvalue weighted by Crippen LogP contribution is 1.97. The summed E-state index contributed by atoms with van der Waals surface area (Å²) in [6, 6.07) is -0.0656. The first-order valence-electron chi connectivity index (χ1n) is 4.66. The Morgan fingerprint density at radius 1 is 1.62 bits per heavy atom. The lowest BCUT2D eigenvalue weighted by Crippen LogP contribution is -2.48. The van der Waals surface area contributed by atoms with Crippen LogP contribution in [0.3, 0.4) is 0 Å². The van der Waals surface area contributed by atoms with Gasteiger partial charge in [0.05, 0.1) is 6.61 Å². The summed E-state index contributed by atoms with van der Waals surface area (Å²) in [6.07, 6.45) is 2.13. The van der Waals surface area contributed by atoms with Gasteiger partial charge in [0.25, 0.3) is 0 Å². The Hall–Kier alpha value is -0.610. The molecule has 0 radical (unpaired) electrons. The van der Waals surface area contributed by atoms with Crippen LogP contribution in [0.15, 0.2) is 0 Å².